The number of aromatic nitrogens is 4. The molecule has 4 heteroatoms. The fourth-order valence-electron chi connectivity index (χ4n) is 8.18. The highest BCUT2D eigenvalue weighted by atomic mass is 15.1. The maximum absolute atomic E-state index is 2.48. The van der Waals surface area contributed by atoms with E-state index in [2.05, 4.69) is 188 Å². The van der Waals surface area contributed by atoms with Crippen molar-refractivity contribution in [1.82, 2.24) is 18.1 Å². The van der Waals surface area contributed by atoms with Crippen LogP contribution in [0.3, 0.4) is 0 Å². The number of rotatable bonds is 3. The van der Waals surface area contributed by atoms with Gasteiger partial charge in [-0.25, -0.2) is 0 Å². The Kier molecular flexibility index (Phi) is 5.08. The van der Waals surface area contributed by atoms with Crippen molar-refractivity contribution in [2.45, 2.75) is 0 Å². The molecular weight excluding hydrogens is 585 g/mol. The van der Waals surface area contributed by atoms with E-state index in [9.17, 15) is 0 Å². The second-order valence-corrected chi connectivity index (χ2v) is 12.6. The Morgan fingerprint density at radius 2 is 0.792 bits per heavy atom. The van der Waals surface area contributed by atoms with E-state index < -0.39 is 0 Å². The summed E-state index contributed by atoms with van der Waals surface area (Å²) in [6, 6.07) is 61.7. The highest BCUT2D eigenvalue weighted by Crippen LogP contribution is 2.42. The predicted octanol–water partition coefficient (Wildman–Crippen LogP) is 11.2. The Hall–Kier alpha value is -6.52. The van der Waals surface area contributed by atoms with Gasteiger partial charge in [0.2, 0.25) is 0 Å². The minimum absolute atomic E-state index is 1.13. The van der Waals surface area contributed by atoms with Gasteiger partial charge < -0.3 is 9.13 Å². The van der Waals surface area contributed by atoms with Crippen molar-refractivity contribution >= 4 is 71.2 Å². The Morgan fingerprint density at radius 1 is 0.292 bits per heavy atom. The maximum Gasteiger partial charge on any atom is 0.123 e. The summed E-state index contributed by atoms with van der Waals surface area (Å²) in [7, 11) is 0. The van der Waals surface area contributed by atoms with Crippen LogP contribution in [0.15, 0.2) is 170 Å². The SMILES string of the molecule is c1ccc(-n2c3ccccc3c3ccc4c5ccccc5n(-c5cccc(-n6c7ccccc7n7c8ccccc8cc67)c5)c4c32)cc1. The van der Waals surface area contributed by atoms with Crippen LogP contribution in [0.25, 0.3) is 88.3 Å². The third kappa shape index (κ3) is 3.33. The molecule has 0 bridgehead atoms. The van der Waals surface area contributed by atoms with Crippen LogP contribution in [0.5, 0.6) is 0 Å². The highest BCUT2D eigenvalue weighted by molar-refractivity contribution is 6.23. The number of fused-ring (bicyclic) bond motifs is 12. The molecule has 224 valence electrons. The van der Waals surface area contributed by atoms with Gasteiger partial charge in [0, 0.05) is 44.0 Å². The van der Waals surface area contributed by atoms with Crippen LogP contribution in [-0.2, 0) is 0 Å². The summed E-state index contributed by atoms with van der Waals surface area (Å²) in [6.07, 6.45) is 0. The first-order valence-electron chi connectivity index (χ1n) is 16.5. The van der Waals surface area contributed by atoms with Crippen molar-refractivity contribution in [3.8, 4) is 17.1 Å². The van der Waals surface area contributed by atoms with Crippen molar-refractivity contribution in [3.05, 3.63) is 170 Å². The maximum atomic E-state index is 2.48. The molecule has 0 saturated heterocycles. The lowest BCUT2D eigenvalue weighted by Gasteiger charge is -2.14. The van der Waals surface area contributed by atoms with Crippen molar-refractivity contribution < 1.29 is 0 Å². The van der Waals surface area contributed by atoms with Crippen molar-refractivity contribution in [3.63, 3.8) is 0 Å². The van der Waals surface area contributed by atoms with Gasteiger partial charge in [0.25, 0.3) is 0 Å². The van der Waals surface area contributed by atoms with E-state index in [1.54, 1.807) is 0 Å². The number of imidazole rings is 1. The van der Waals surface area contributed by atoms with E-state index >= 15 is 0 Å². The van der Waals surface area contributed by atoms with Crippen LogP contribution in [0.2, 0.25) is 0 Å². The Morgan fingerprint density at radius 3 is 1.48 bits per heavy atom. The average Bonchev–Trinajstić information content (AvgIpc) is 3.87. The number of hydrogen-bond donors (Lipinski definition) is 0. The van der Waals surface area contributed by atoms with Gasteiger partial charge in [-0.05, 0) is 66.7 Å². The molecule has 0 N–H and O–H groups in total. The zero-order chi connectivity index (χ0) is 31.3. The summed E-state index contributed by atoms with van der Waals surface area (Å²) in [5.41, 5.74) is 13.0. The lowest BCUT2D eigenvalue weighted by atomic mass is 10.1. The van der Waals surface area contributed by atoms with Crippen LogP contribution in [0.4, 0.5) is 0 Å². The standard InChI is InChI=1S/C44H28N4/c1-2-14-30(15-3-1)46-38-21-8-5-18-33(38)35-25-26-36-34-19-6-9-22-39(34)47(44(36)43(35)46)32-17-12-16-31(28-32)45-40-23-10-11-24-41(40)48-37-20-7-4-13-29(37)27-42(45)48/h1-28H. The van der Waals surface area contributed by atoms with E-state index in [4.69, 9.17) is 0 Å². The number of benzene rings is 7. The first-order chi connectivity index (χ1) is 23.8. The van der Waals surface area contributed by atoms with Gasteiger partial charge in [-0.2, -0.15) is 0 Å². The molecule has 0 radical (unpaired) electrons. The van der Waals surface area contributed by atoms with E-state index in [0.717, 1.165) is 22.7 Å². The lowest BCUT2D eigenvalue weighted by Crippen LogP contribution is -2.00. The summed E-state index contributed by atoms with van der Waals surface area (Å²) in [5.74, 6) is 0. The quantitative estimate of drug-likeness (QED) is 0.189. The van der Waals surface area contributed by atoms with Crippen molar-refractivity contribution in [2.24, 2.45) is 0 Å². The van der Waals surface area contributed by atoms with E-state index in [1.165, 1.54) is 65.5 Å². The molecule has 0 amide bonds. The van der Waals surface area contributed by atoms with E-state index in [-0.39, 0.29) is 0 Å². The molecule has 0 aliphatic carbocycles. The Labute approximate surface area is 275 Å². The molecule has 4 nitrogen and oxygen atoms in total. The summed E-state index contributed by atoms with van der Waals surface area (Å²) in [6.45, 7) is 0. The second-order valence-electron chi connectivity index (χ2n) is 12.6. The molecule has 11 aromatic rings. The number of hydrogen-bond acceptors (Lipinski definition) is 0. The van der Waals surface area contributed by atoms with Crippen molar-refractivity contribution in [2.75, 3.05) is 0 Å². The van der Waals surface area contributed by atoms with Crippen molar-refractivity contribution in [1.29, 1.82) is 0 Å². The molecule has 0 fully saturated rings. The first-order valence-corrected chi connectivity index (χ1v) is 16.5. The minimum Gasteiger partial charge on any atom is -0.307 e. The van der Waals surface area contributed by atoms with Gasteiger partial charge in [0.15, 0.2) is 0 Å². The normalized spacial score (nSPS) is 12.2. The highest BCUT2D eigenvalue weighted by Gasteiger charge is 2.22. The zero-order valence-electron chi connectivity index (χ0n) is 26.0. The minimum atomic E-state index is 1.13. The molecule has 0 spiro atoms. The molecule has 4 aromatic heterocycles. The third-order valence-corrected chi connectivity index (χ3v) is 10.1. The van der Waals surface area contributed by atoms with Gasteiger partial charge in [-0.15, -0.1) is 0 Å². The second kappa shape index (κ2) is 9.50. The first kappa shape index (κ1) is 25.6. The van der Waals surface area contributed by atoms with Gasteiger partial charge in [0.05, 0.1) is 38.6 Å². The largest absolute Gasteiger partial charge is 0.307 e. The monoisotopic (exact) mass is 612 g/mol. The molecule has 0 atom stereocenters. The predicted molar refractivity (Wildman–Crippen MR) is 200 cm³/mol. The lowest BCUT2D eigenvalue weighted by molar-refractivity contribution is 1.11. The molecule has 0 saturated carbocycles. The van der Waals surface area contributed by atoms with Gasteiger partial charge in [-0.3, -0.25) is 8.97 Å². The van der Waals surface area contributed by atoms with Gasteiger partial charge in [-0.1, -0.05) is 103 Å². The fourth-order valence-corrected chi connectivity index (χ4v) is 8.18. The summed E-state index contributed by atoms with van der Waals surface area (Å²) >= 11 is 0. The van der Waals surface area contributed by atoms with Gasteiger partial charge >= 0.3 is 0 Å². The fraction of sp³-hybridized carbons (Fsp3) is 0. The number of nitrogens with zero attached hydrogens (tertiary/aromatic N) is 4. The molecule has 4 heterocycles. The Balaban J connectivity index is 1.28. The molecule has 0 aliphatic heterocycles. The molecule has 11 rings (SSSR count). The van der Waals surface area contributed by atoms with E-state index in [1.807, 2.05) is 0 Å². The molecular formula is C44H28N4. The van der Waals surface area contributed by atoms with E-state index in [0.29, 0.717) is 0 Å². The molecule has 48 heavy (non-hydrogen) atoms. The van der Waals surface area contributed by atoms with Gasteiger partial charge in [0.1, 0.15) is 5.65 Å². The number of para-hydroxylation sites is 6. The van der Waals surface area contributed by atoms with Crippen LogP contribution < -0.4 is 0 Å². The average molecular weight is 613 g/mol. The topological polar surface area (TPSA) is 19.2 Å². The Bertz CT molecular complexity index is 3060. The molecule has 7 aromatic carbocycles. The smallest absolute Gasteiger partial charge is 0.123 e. The molecule has 0 unspecified atom stereocenters. The summed E-state index contributed by atoms with van der Waals surface area (Å²) in [4.78, 5) is 0. The summed E-state index contributed by atoms with van der Waals surface area (Å²) in [5, 5.41) is 6.23. The van der Waals surface area contributed by atoms with Crippen LogP contribution in [-0.4, -0.2) is 18.1 Å². The summed E-state index contributed by atoms with van der Waals surface area (Å²) < 4.78 is 9.72. The zero-order valence-corrected chi connectivity index (χ0v) is 26.0. The third-order valence-electron chi connectivity index (χ3n) is 10.1. The van der Waals surface area contributed by atoms with Crippen LogP contribution in [0.1, 0.15) is 0 Å². The van der Waals surface area contributed by atoms with Crippen LogP contribution in [0, 0.1) is 0 Å². The molecule has 0 aliphatic rings. The van der Waals surface area contributed by atoms with Crippen LogP contribution >= 0.6 is 0 Å².